The van der Waals surface area contributed by atoms with Gasteiger partial charge >= 0.3 is 18.2 Å². The number of nitrogens with zero attached hydrogens (tertiary/aromatic N) is 8. The number of hydrogen-bond acceptors (Lipinski definition) is 14. The number of carboxylic acids is 1. The van der Waals surface area contributed by atoms with Crippen LogP contribution in [0.15, 0.2) is 85.2 Å². The van der Waals surface area contributed by atoms with Gasteiger partial charge in [-0.15, -0.1) is 0 Å². The summed E-state index contributed by atoms with van der Waals surface area (Å²) in [7, 11) is 0. The van der Waals surface area contributed by atoms with Crippen molar-refractivity contribution < 1.29 is 52.1 Å². The molecule has 2 atom stereocenters. The van der Waals surface area contributed by atoms with Crippen molar-refractivity contribution in [1.82, 2.24) is 39.1 Å². The maximum absolute atomic E-state index is 13.4. The second kappa shape index (κ2) is 22.7. The highest BCUT2D eigenvalue weighted by Gasteiger charge is 2.38. The van der Waals surface area contributed by atoms with E-state index in [1.54, 1.807) is 70.7 Å². The topological polar surface area (TPSA) is 311 Å². The number of amides is 5. The van der Waals surface area contributed by atoms with Gasteiger partial charge in [0.1, 0.15) is 45.9 Å². The quantitative estimate of drug-likeness (QED) is 0.0712. The highest BCUT2D eigenvalue weighted by molar-refractivity contribution is 6.05. The molecule has 0 radical (unpaired) electrons. The molecule has 400 valence electrons. The monoisotopic (exact) mass is 1050 g/mol. The second-order valence-electron chi connectivity index (χ2n) is 19.9. The second-order valence-corrected chi connectivity index (χ2v) is 19.9. The fourth-order valence-electron chi connectivity index (χ4n) is 8.57. The first-order valence-corrected chi connectivity index (χ1v) is 24.2. The lowest BCUT2D eigenvalue weighted by Gasteiger charge is -2.36. The van der Waals surface area contributed by atoms with Gasteiger partial charge in [0.2, 0.25) is 0 Å². The highest BCUT2D eigenvalue weighted by Crippen LogP contribution is 2.36. The SMILES string of the molecule is CC(C)(C)OC(=O)N1CCCC[C@H]1c1nc(-c2ccc(C(=O)Nc3cc(F)ccn3)cc2)c(C(=O)O)n1N.CC(C)(C)OC(=O)N1CCCC[C@H]1c1nc(-c2ccc(C(=O)Nc3cc(F)ccn3)cc2)c(C(N)=O)n1N. The van der Waals surface area contributed by atoms with Crippen molar-refractivity contribution in [1.29, 1.82) is 0 Å². The third-order valence-electron chi connectivity index (χ3n) is 11.9. The van der Waals surface area contributed by atoms with Crippen molar-refractivity contribution in [2.24, 2.45) is 5.73 Å². The summed E-state index contributed by atoms with van der Waals surface area (Å²) in [6, 6.07) is 15.7. The molecule has 6 heterocycles. The van der Waals surface area contributed by atoms with Crippen LogP contribution in [0.3, 0.4) is 0 Å². The van der Waals surface area contributed by atoms with Gasteiger partial charge in [0, 0.05) is 59.9 Å². The molecule has 2 fully saturated rings. The van der Waals surface area contributed by atoms with E-state index in [0.29, 0.717) is 42.9 Å². The van der Waals surface area contributed by atoms with Crippen LogP contribution in [-0.2, 0) is 9.47 Å². The molecule has 0 bridgehead atoms. The number of hydrogen-bond donors (Lipinski definition) is 6. The molecule has 4 aromatic heterocycles. The summed E-state index contributed by atoms with van der Waals surface area (Å²) in [6.07, 6.45) is 5.80. The number of piperidine rings is 2. The average molecular weight is 1050 g/mol. The fourth-order valence-corrected chi connectivity index (χ4v) is 8.57. The molecule has 6 aromatic rings. The fraction of sp³-hybridized carbons (Fsp3) is 0.346. The zero-order chi connectivity index (χ0) is 55.2. The minimum absolute atomic E-state index is 0.0316. The summed E-state index contributed by atoms with van der Waals surface area (Å²) >= 11 is 0. The Morgan fingerprint density at radius 2 is 0.987 bits per heavy atom. The van der Waals surface area contributed by atoms with Crippen molar-refractivity contribution in [3.8, 4) is 22.5 Å². The number of rotatable bonds is 10. The van der Waals surface area contributed by atoms with Crippen LogP contribution in [0.1, 0.15) is 145 Å². The molecule has 0 unspecified atom stereocenters. The molecule has 8 rings (SSSR count). The third kappa shape index (κ3) is 13.0. The van der Waals surface area contributed by atoms with Crippen LogP contribution < -0.4 is 28.1 Å². The summed E-state index contributed by atoms with van der Waals surface area (Å²) in [6.45, 7) is 11.6. The zero-order valence-corrected chi connectivity index (χ0v) is 42.7. The van der Waals surface area contributed by atoms with E-state index < -0.39 is 70.8 Å². The number of likely N-dealkylation sites (tertiary alicyclic amines) is 2. The predicted octanol–water partition coefficient (Wildman–Crippen LogP) is 7.82. The number of nitrogen functional groups attached to an aromatic ring is 2. The Balaban J connectivity index is 0.000000221. The molecule has 22 nitrogen and oxygen atoms in total. The van der Waals surface area contributed by atoms with Crippen LogP contribution in [0.4, 0.5) is 30.0 Å². The first-order valence-electron chi connectivity index (χ1n) is 24.2. The van der Waals surface area contributed by atoms with Crippen molar-refractivity contribution >= 4 is 47.5 Å². The Morgan fingerprint density at radius 3 is 1.34 bits per heavy atom. The molecule has 76 heavy (non-hydrogen) atoms. The van der Waals surface area contributed by atoms with Gasteiger partial charge < -0.3 is 42.6 Å². The summed E-state index contributed by atoms with van der Waals surface area (Å²) < 4.78 is 40.0. The van der Waals surface area contributed by atoms with E-state index in [4.69, 9.17) is 26.9 Å². The van der Waals surface area contributed by atoms with E-state index >= 15 is 0 Å². The molecule has 2 aromatic carbocycles. The molecule has 2 saturated heterocycles. The number of imidazole rings is 2. The number of carbonyl (C=O) groups excluding carboxylic acids is 5. The van der Waals surface area contributed by atoms with Gasteiger partial charge in [-0.3, -0.25) is 24.2 Å². The van der Waals surface area contributed by atoms with E-state index in [2.05, 4.69) is 30.6 Å². The number of nitrogens with two attached hydrogens (primary N) is 3. The molecule has 24 heteroatoms. The van der Waals surface area contributed by atoms with E-state index in [9.17, 15) is 42.7 Å². The Morgan fingerprint density at radius 1 is 0.605 bits per heavy atom. The van der Waals surface area contributed by atoms with Crippen molar-refractivity contribution in [2.75, 3.05) is 35.4 Å². The minimum Gasteiger partial charge on any atom is -0.476 e. The number of nitrogens with one attached hydrogen (secondary N) is 2. The number of carboxylic acid groups (broad SMARTS) is 1. The Labute approximate surface area is 435 Å². The van der Waals surface area contributed by atoms with Gasteiger partial charge in [-0.1, -0.05) is 24.3 Å². The lowest BCUT2D eigenvalue weighted by atomic mass is 10.0. The molecule has 0 spiro atoms. The van der Waals surface area contributed by atoms with E-state index in [-0.39, 0.29) is 51.4 Å². The van der Waals surface area contributed by atoms with Crippen LogP contribution >= 0.6 is 0 Å². The largest absolute Gasteiger partial charge is 0.476 e. The summed E-state index contributed by atoms with van der Waals surface area (Å²) in [5, 5.41) is 15.0. The van der Waals surface area contributed by atoms with Gasteiger partial charge in [0.05, 0.1) is 12.1 Å². The molecule has 9 N–H and O–H groups in total. The molecule has 0 saturated carbocycles. The molecule has 5 amide bonds. The molecular formula is C52H59F2N13O9. The lowest BCUT2D eigenvalue weighted by molar-refractivity contribution is 0.00723. The number of benzene rings is 2. The van der Waals surface area contributed by atoms with Gasteiger partial charge in [0.15, 0.2) is 23.0 Å². The number of aromatic nitrogens is 6. The normalized spacial score (nSPS) is 15.7. The Kier molecular flexibility index (Phi) is 16.3. The number of anilines is 2. The Hall–Kier alpha value is -8.96. The van der Waals surface area contributed by atoms with E-state index in [0.717, 1.165) is 53.2 Å². The first kappa shape index (κ1) is 54.8. The number of carbonyl (C=O) groups is 6. The van der Waals surface area contributed by atoms with E-state index in [1.165, 1.54) is 47.6 Å². The van der Waals surface area contributed by atoms with Gasteiger partial charge in [0.25, 0.3) is 17.7 Å². The minimum atomic E-state index is -1.29. The lowest BCUT2D eigenvalue weighted by Crippen LogP contribution is -2.43. The van der Waals surface area contributed by atoms with Gasteiger partial charge in [-0.05, 0) is 116 Å². The number of pyridine rings is 2. The van der Waals surface area contributed by atoms with Gasteiger partial charge in [-0.25, -0.2) is 52.5 Å². The van der Waals surface area contributed by atoms with Crippen LogP contribution in [0.2, 0.25) is 0 Å². The molecule has 0 aliphatic carbocycles. The molecule has 2 aliphatic heterocycles. The van der Waals surface area contributed by atoms with Gasteiger partial charge in [-0.2, -0.15) is 0 Å². The molecular weight excluding hydrogens is 989 g/mol. The standard InChI is InChI=1S/C26H30FN7O4.C26H29FN6O5/c1-26(2,3)38-25(37)33-13-5-4-6-18(33)23-32-20(21(22(28)35)34(23)29)15-7-9-16(10-8-15)24(36)31-19-14-17(27)11-12-30-19;1-26(2,3)38-25(37)32-13-5-4-6-18(32)22-31-20(21(24(35)36)33(22)28)15-7-9-16(10-8-15)23(34)30-19-14-17(27)11-12-29-19/h7-12,14,18H,4-6,13,29H2,1-3H3,(H2,28,35)(H,30,31,36);7-12,14,18H,4-6,13,28H2,1-3H3,(H,35,36)(H,29,30,34)/t2*18-/m00/s1. The van der Waals surface area contributed by atoms with Crippen LogP contribution in [0.25, 0.3) is 22.5 Å². The highest BCUT2D eigenvalue weighted by atomic mass is 19.1. The molecule has 2 aliphatic rings. The average Bonchev–Trinajstić information content (AvgIpc) is 3.89. The van der Waals surface area contributed by atoms with Crippen molar-refractivity contribution in [3.05, 3.63) is 131 Å². The van der Waals surface area contributed by atoms with Crippen LogP contribution in [0.5, 0.6) is 0 Å². The number of halogens is 2. The first-order chi connectivity index (χ1) is 35.9. The number of primary amides is 1. The maximum atomic E-state index is 13.4. The zero-order valence-electron chi connectivity index (χ0n) is 42.7. The third-order valence-corrected chi connectivity index (χ3v) is 11.9. The predicted molar refractivity (Wildman–Crippen MR) is 274 cm³/mol. The van der Waals surface area contributed by atoms with Crippen molar-refractivity contribution in [3.63, 3.8) is 0 Å². The van der Waals surface area contributed by atoms with Crippen molar-refractivity contribution in [2.45, 2.75) is 103 Å². The van der Waals surface area contributed by atoms with Crippen LogP contribution in [-0.4, -0.2) is 104 Å². The smallest absolute Gasteiger partial charge is 0.410 e. The number of ether oxygens (including phenoxy) is 2. The summed E-state index contributed by atoms with van der Waals surface area (Å²) in [4.78, 5) is 95.6. The Bertz CT molecular complexity index is 2940. The van der Waals surface area contributed by atoms with Crippen LogP contribution in [0, 0.1) is 11.6 Å². The van der Waals surface area contributed by atoms with E-state index in [1.807, 2.05) is 0 Å². The number of aromatic carboxylic acids is 1. The summed E-state index contributed by atoms with van der Waals surface area (Å²) in [5.41, 5.74) is 5.74. The maximum Gasteiger partial charge on any atom is 0.410 e. The summed E-state index contributed by atoms with van der Waals surface area (Å²) in [5.74, 6) is 9.04.